The van der Waals surface area contributed by atoms with Crippen LogP contribution in [0.5, 0.6) is 0 Å². The highest BCUT2D eigenvalue weighted by Gasteiger charge is 2.16. The minimum absolute atomic E-state index is 0.969. The van der Waals surface area contributed by atoms with Gasteiger partial charge >= 0.3 is 0 Å². The molecule has 1 aromatic carbocycles. The molecule has 0 radical (unpaired) electrons. The Kier molecular flexibility index (Phi) is 4.03. The van der Waals surface area contributed by atoms with Crippen LogP contribution in [0.3, 0.4) is 0 Å². The Morgan fingerprint density at radius 2 is 2.11 bits per heavy atom. The molecule has 0 saturated carbocycles. The molecule has 0 aliphatic carbocycles. The largest absolute Gasteiger partial charge is 0.347 e. The average molecular weight is 291 g/mol. The monoisotopic (exact) mass is 291 g/mol. The van der Waals surface area contributed by atoms with Crippen LogP contribution < -0.4 is 4.90 Å². The van der Waals surface area contributed by atoms with E-state index in [0.29, 0.717) is 0 Å². The molecule has 2 aromatic rings. The molecule has 19 heavy (non-hydrogen) atoms. The number of hydrogen-bond acceptors (Lipinski definition) is 5. The first-order valence-electron chi connectivity index (χ1n) is 6.58. The summed E-state index contributed by atoms with van der Waals surface area (Å²) in [6.45, 7) is 4.40. The predicted octanol–water partition coefficient (Wildman–Crippen LogP) is 3.74. The van der Waals surface area contributed by atoms with Crippen LogP contribution in [0.15, 0.2) is 28.6 Å². The van der Waals surface area contributed by atoms with Gasteiger partial charge in [0.25, 0.3) is 0 Å². The van der Waals surface area contributed by atoms with Gasteiger partial charge < -0.3 is 4.90 Å². The van der Waals surface area contributed by atoms with Gasteiger partial charge in [-0.3, -0.25) is 0 Å². The molecule has 1 aromatic heterocycles. The van der Waals surface area contributed by atoms with Crippen LogP contribution in [-0.4, -0.2) is 23.3 Å². The number of nitrogens with zero attached hydrogens (tertiary/aromatic N) is 3. The second-order valence-electron chi connectivity index (χ2n) is 4.82. The molecule has 2 heterocycles. The van der Waals surface area contributed by atoms with E-state index in [2.05, 4.69) is 46.3 Å². The molecule has 1 saturated heterocycles. The second kappa shape index (κ2) is 5.92. The van der Waals surface area contributed by atoms with Gasteiger partial charge in [-0.2, -0.15) is 0 Å². The zero-order valence-electron chi connectivity index (χ0n) is 11.0. The molecule has 0 N–H and O–H groups in total. The third-order valence-electron chi connectivity index (χ3n) is 3.22. The summed E-state index contributed by atoms with van der Waals surface area (Å²) in [6, 6.07) is 8.64. The van der Waals surface area contributed by atoms with E-state index in [1.807, 2.05) is 0 Å². The Bertz CT molecular complexity index is 547. The van der Waals surface area contributed by atoms with E-state index in [9.17, 15) is 0 Å². The Hall–Kier alpha value is -1.07. The molecule has 1 fully saturated rings. The minimum Gasteiger partial charge on any atom is -0.347 e. The maximum absolute atomic E-state index is 4.30. The number of aromatic nitrogens is 2. The van der Waals surface area contributed by atoms with E-state index in [-0.39, 0.29) is 0 Å². The van der Waals surface area contributed by atoms with Gasteiger partial charge in [0.1, 0.15) is 0 Å². The van der Waals surface area contributed by atoms with Crippen molar-refractivity contribution in [3.63, 3.8) is 0 Å². The number of anilines is 1. The summed E-state index contributed by atoms with van der Waals surface area (Å²) in [5, 5.41) is 9.68. The standard InChI is InChI=1S/C14H17N3S2/c1-11-5-4-6-12(9-11)10-18-14-16-15-13(19-14)17-7-2-3-8-17/h4-6,9H,2-3,7-8,10H2,1H3. The van der Waals surface area contributed by atoms with E-state index < -0.39 is 0 Å². The normalized spacial score (nSPS) is 15.1. The Morgan fingerprint density at radius 3 is 2.89 bits per heavy atom. The first kappa shape index (κ1) is 12.9. The van der Waals surface area contributed by atoms with Crippen molar-refractivity contribution in [3.8, 4) is 0 Å². The molecule has 0 unspecified atom stereocenters. The topological polar surface area (TPSA) is 29.0 Å². The fourth-order valence-electron chi connectivity index (χ4n) is 2.24. The molecule has 3 nitrogen and oxygen atoms in total. The Labute approximate surface area is 122 Å². The number of thioether (sulfide) groups is 1. The summed E-state index contributed by atoms with van der Waals surface area (Å²) in [7, 11) is 0. The van der Waals surface area contributed by atoms with E-state index in [0.717, 1.165) is 28.3 Å². The van der Waals surface area contributed by atoms with Gasteiger partial charge in [-0.15, -0.1) is 10.2 Å². The molecule has 0 bridgehead atoms. The molecule has 100 valence electrons. The third-order valence-corrected chi connectivity index (χ3v) is 5.41. The Balaban J connectivity index is 1.61. The lowest BCUT2D eigenvalue weighted by atomic mass is 10.2. The fraction of sp³-hybridized carbons (Fsp3) is 0.429. The van der Waals surface area contributed by atoms with Crippen LogP contribution >= 0.6 is 23.1 Å². The SMILES string of the molecule is Cc1cccc(CSc2nnc(N3CCCC3)s2)c1. The van der Waals surface area contributed by atoms with Crippen molar-refractivity contribution in [1.29, 1.82) is 0 Å². The molecule has 3 rings (SSSR count). The fourth-order valence-corrected chi connectivity index (χ4v) is 4.08. The predicted molar refractivity (Wildman–Crippen MR) is 82.1 cm³/mol. The minimum atomic E-state index is 0.969. The number of benzene rings is 1. The maximum Gasteiger partial charge on any atom is 0.209 e. The van der Waals surface area contributed by atoms with Gasteiger partial charge in [0.15, 0.2) is 4.34 Å². The number of hydrogen-bond donors (Lipinski definition) is 0. The number of aryl methyl sites for hydroxylation is 1. The van der Waals surface area contributed by atoms with Gasteiger partial charge in [0, 0.05) is 18.8 Å². The zero-order valence-corrected chi connectivity index (χ0v) is 12.6. The lowest BCUT2D eigenvalue weighted by molar-refractivity contribution is 0.913. The number of rotatable bonds is 4. The summed E-state index contributed by atoms with van der Waals surface area (Å²) in [5.41, 5.74) is 2.66. The molecule has 5 heteroatoms. The molecule has 0 atom stereocenters. The summed E-state index contributed by atoms with van der Waals surface area (Å²) < 4.78 is 1.07. The summed E-state index contributed by atoms with van der Waals surface area (Å²) in [6.07, 6.45) is 2.57. The van der Waals surface area contributed by atoms with Crippen LogP contribution in [0, 0.1) is 6.92 Å². The van der Waals surface area contributed by atoms with Gasteiger partial charge in [-0.1, -0.05) is 52.9 Å². The smallest absolute Gasteiger partial charge is 0.209 e. The van der Waals surface area contributed by atoms with Gasteiger partial charge in [-0.25, -0.2) is 0 Å². The maximum atomic E-state index is 4.30. The van der Waals surface area contributed by atoms with Crippen molar-refractivity contribution in [1.82, 2.24) is 10.2 Å². The van der Waals surface area contributed by atoms with Crippen molar-refractivity contribution in [3.05, 3.63) is 35.4 Å². The zero-order chi connectivity index (χ0) is 13.1. The van der Waals surface area contributed by atoms with Gasteiger partial charge in [0.2, 0.25) is 5.13 Å². The van der Waals surface area contributed by atoms with Crippen LogP contribution in [0.4, 0.5) is 5.13 Å². The van der Waals surface area contributed by atoms with Crippen LogP contribution in [0.25, 0.3) is 0 Å². The molecular weight excluding hydrogens is 274 g/mol. The van der Waals surface area contributed by atoms with E-state index in [1.54, 1.807) is 23.1 Å². The molecule has 1 aliphatic rings. The van der Waals surface area contributed by atoms with Crippen molar-refractivity contribution >= 4 is 28.2 Å². The van der Waals surface area contributed by atoms with Crippen molar-refractivity contribution in [2.45, 2.75) is 29.9 Å². The van der Waals surface area contributed by atoms with E-state index in [4.69, 9.17) is 0 Å². The lowest BCUT2D eigenvalue weighted by Gasteiger charge is -2.10. The third kappa shape index (κ3) is 3.28. The highest BCUT2D eigenvalue weighted by Crippen LogP contribution is 2.31. The van der Waals surface area contributed by atoms with Crippen molar-refractivity contribution in [2.75, 3.05) is 18.0 Å². The molecule has 1 aliphatic heterocycles. The van der Waals surface area contributed by atoms with Gasteiger partial charge in [-0.05, 0) is 25.3 Å². The van der Waals surface area contributed by atoms with Crippen LogP contribution in [0.2, 0.25) is 0 Å². The lowest BCUT2D eigenvalue weighted by Crippen LogP contribution is -2.17. The highest BCUT2D eigenvalue weighted by atomic mass is 32.2. The van der Waals surface area contributed by atoms with E-state index in [1.165, 1.54) is 24.0 Å². The van der Waals surface area contributed by atoms with Crippen LogP contribution in [-0.2, 0) is 5.75 Å². The van der Waals surface area contributed by atoms with Gasteiger partial charge in [0.05, 0.1) is 0 Å². The molecule has 0 spiro atoms. The van der Waals surface area contributed by atoms with Crippen molar-refractivity contribution < 1.29 is 0 Å². The summed E-state index contributed by atoms with van der Waals surface area (Å²) >= 11 is 3.50. The second-order valence-corrected chi connectivity index (χ2v) is 7.00. The molecular formula is C14H17N3S2. The highest BCUT2D eigenvalue weighted by molar-refractivity contribution is 8.00. The first-order valence-corrected chi connectivity index (χ1v) is 8.38. The first-order chi connectivity index (χ1) is 9.31. The summed E-state index contributed by atoms with van der Waals surface area (Å²) in [5.74, 6) is 0.969. The van der Waals surface area contributed by atoms with E-state index >= 15 is 0 Å². The average Bonchev–Trinajstić information content (AvgIpc) is 3.07. The quantitative estimate of drug-likeness (QED) is 0.803. The molecule has 0 amide bonds. The van der Waals surface area contributed by atoms with Crippen molar-refractivity contribution in [2.24, 2.45) is 0 Å². The van der Waals surface area contributed by atoms with Crippen LogP contribution in [0.1, 0.15) is 24.0 Å². The Morgan fingerprint density at radius 1 is 1.26 bits per heavy atom. The summed E-state index contributed by atoms with van der Waals surface area (Å²) in [4.78, 5) is 2.34.